The Morgan fingerprint density at radius 3 is 2.88 bits per heavy atom. The van der Waals surface area contributed by atoms with Gasteiger partial charge in [0.15, 0.2) is 5.82 Å². The van der Waals surface area contributed by atoms with Gasteiger partial charge in [0.25, 0.3) is 0 Å². The van der Waals surface area contributed by atoms with E-state index < -0.39 is 0 Å². The molecule has 4 rings (SSSR count). The number of nitrogens with zero attached hydrogens (tertiary/aromatic N) is 5. The summed E-state index contributed by atoms with van der Waals surface area (Å²) in [5.41, 5.74) is 9.07. The minimum Gasteiger partial charge on any atom is -0.382 e. The van der Waals surface area contributed by atoms with Crippen LogP contribution in [0, 0.1) is 0 Å². The highest BCUT2D eigenvalue weighted by molar-refractivity contribution is 6.35. The molecule has 124 valence electrons. The maximum Gasteiger partial charge on any atom is 0.182 e. The first kappa shape index (κ1) is 15.5. The minimum atomic E-state index is 0.334. The van der Waals surface area contributed by atoms with Gasteiger partial charge in [0.05, 0.1) is 22.4 Å². The molecule has 6 nitrogen and oxygen atoms in total. The highest BCUT2D eigenvalue weighted by Gasteiger charge is 2.15. The molecule has 0 bridgehead atoms. The average molecular weight is 351 g/mol. The fourth-order valence-electron chi connectivity index (χ4n) is 2.71. The van der Waals surface area contributed by atoms with Crippen LogP contribution in [0.3, 0.4) is 0 Å². The van der Waals surface area contributed by atoms with Crippen molar-refractivity contribution in [3.8, 4) is 17.1 Å². The van der Waals surface area contributed by atoms with Gasteiger partial charge in [0.2, 0.25) is 0 Å². The Labute approximate surface area is 149 Å². The molecule has 0 fully saturated rings. The molecule has 1 aromatic carbocycles. The number of rotatable bonds is 3. The van der Waals surface area contributed by atoms with Gasteiger partial charge < -0.3 is 5.73 Å². The lowest BCUT2D eigenvalue weighted by Gasteiger charge is -2.10. The third-order valence-corrected chi connectivity index (χ3v) is 4.22. The molecule has 0 atom stereocenters. The minimum absolute atomic E-state index is 0.334. The largest absolute Gasteiger partial charge is 0.382 e. The zero-order chi connectivity index (χ0) is 17.4. The smallest absolute Gasteiger partial charge is 0.182 e. The molecule has 0 aliphatic carbocycles. The monoisotopic (exact) mass is 350 g/mol. The Balaban J connectivity index is 1.94. The van der Waals surface area contributed by atoms with Crippen LogP contribution in [-0.4, -0.2) is 24.7 Å². The first-order valence-corrected chi connectivity index (χ1v) is 8.25. The molecule has 25 heavy (non-hydrogen) atoms. The molecule has 0 aliphatic rings. The van der Waals surface area contributed by atoms with Gasteiger partial charge in [-0.2, -0.15) is 5.10 Å². The summed E-state index contributed by atoms with van der Waals surface area (Å²) >= 11 is 6.41. The molecule has 3 aromatic heterocycles. The summed E-state index contributed by atoms with van der Waals surface area (Å²) in [4.78, 5) is 13.2. The normalized spacial score (nSPS) is 11.1. The van der Waals surface area contributed by atoms with Crippen LogP contribution < -0.4 is 5.73 Å². The fourth-order valence-corrected chi connectivity index (χ4v) is 2.98. The molecule has 0 radical (unpaired) electrons. The zero-order valence-corrected chi connectivity index (χ0v) is 14.3. The predicted octanol–water partition coefficient (Wildman–Crippen LogP) is 3.68. The third kappa shape index (κ3) is 2.81. The summed E-state index contributed by atoms with van der Waals surface area (Å²) in [6, 6.07) is 9.61. The number of aryl methyl sites for hydroxylation is 1. The Bertz CT molecular complexity index is 1070. The van der Waals surface area contributed by atoms with E-state index in [1.807, 2.05) is 36.5 Å². The SMILES string of the molecule is CCc1ccn(-c2nc(N)cnc2-c2cc(Cl)c3ncccc3c2)n1. The number of nitrogens with two attached hydrogens (primary N) is 1. The van der Waals surface area contributed by atoms with E-state index in [0.29, 0.717) is 22.4 Å². The van der Waals surface area contributed by atoms with Crippen molar-refractivity contribution in [3.05, 3.63) is 59.6 Å². The molecule has 0 amide bonds. The van der Waals surface area contributed by atoms with E-state index in [4.69, 9.17) is 17.3 Å². The number of anilines is 1. The highest BCUT2D eigenvalue weighted by Crippen LogP contribution is 2.31. The molecule has 7 heteroatoms. The van der Waals surface area contributed by atoms with Gasteiger partial charge in [-0.05, 0) is 30.7 Å². The van der Waals surface area contributed by atoms with Crippen LogP contribution in [0.4, 0.5) is 5.82 Å². The first-order valence-electron chi connectivity index (χ1n) is 7.88. The van der Waals surface area contributed by atoms with Crippen LogP contribution >= 0.6 is 11.6 Å². The number of halogens is 1. The van der Waals surface area contributed by atoms with Gasteiger partial charge >= 0.3 is 0 Å². The van der Waals surface area contributed by atoms with Crippen LogP contribution in [0.1, 0.15) is 12.6 Å². The molecule has 3 heterocycles. The van der Waals surface area contributed by atoms with Gasteiger partial charge in [0.1, 0.15) is 11.5 Å². The Kier molecular flexibility index (Phi) is 3.82. The van der Waals surface area contributed by atoms with E-state index in [1.165, 1.54) is 6.20 Å². The standard InChI is InChI=1S/C18H15ClN6/c1-2-13-5-7-25(24-13)18-17(22-10-15(20)23-18)12-8-11-4-3-6-21-16(11)14(19)9-12/h3-10H,2H2,1H3,(H2,20,23). The summed E-state index contributed by atoms with van der Waals surface area (Å²) in [7, 11) is 0. The van der Waals surface area contributed by atoms with E-state index >= 15 is 0 Å². The van der Waals surface area contributed by atoms with Crippen molar-refractivity contribution >= 4 is 28.3 Å². The van der Waals surface area contributed by atoms with Crippen molar-refractivity contribution in [2.24, 2.45) is 0 Å². The van der Waals surface area contributed by atoms with Crippen molar-refractivity contribution in [1.82, 2.24) is 24.7 Å². The van der Waals surface area contributed by atoms with Gasteiger partial charge in [-0.25, -0.2) is 14.6 Å². The predicted molar refractivity (Wildman–Crippen MR) is 98.7 cm³/mol. The molecular weight excluding hydrogens is 336 g/mol. The van der Waals surface area contributed by atoms with E-state index in [-0.39, 0.29) is 0 Å². The summed E-state index contributed by atoms with van der Waals surface area (Å²) in [6.07, 6.45) is 5.95. The van der Waals surface area contributed by atoms with Crippen molar-refractivity contribution < 1.29 is 0 Å². The van der Waals surface area contributed by atoms with Crippen LogP contribution in [0.25, 0.3) is 28.0 Å². The number of fused-ring (bicyclic) bond motifs is 1. The summed E-state index contributed by atoms with van der Waals surface area (Å²) < 4.78 is 1.69. The molecular formula is C18H15ClN6. The Morgan fingerprint density at radius 2 is 2.08 bits per heavy atom. The average Bonchev–Trinajstić information content (AvgIpc) is 3.11. The summed E-state index contributed by atoms with van der Waals surface area (Å²) in [5, 5.41) is 6.02. The Hall–Kier alpha value is -2.99. The third-order valence-electron chi connectivity index (χ3n) is 3.93. The van der Waals surface area contributed by atoms with E-state index in [0.717, 1.165) is 28.6 Å². The first-order chi connectivity index (χ1) is 12.2. The number of benzene rings is 1. The van der Waals surface area contributed by atoms with Gasteiger partial charge in [-0.3, -0.25) is 4.98 Å². The fraction of sp³-hybridized carbons (Fsp3) is 0.111. The van der Waals surface area contributed by atoms with Crippen LogP contribution in [0.15, 0.2) is 48.9 Å². The second-order valence-corrected chi connectivity index (χ2v) is 6.01. The number of aromatic nitrogens is 5. The maximum absolute atomic E-state index is 6.41. The molecule has 0 saturated heterocycles. The number of pyridine rings is 1. The molecule has 0 aliphatic heterocycles. The number of hydrogen-bond donors (Lipinski definition) is 1. The van der Waals surface area contributed by atoms with Crippen LogP contribution in [0.2, 0.25) is 5.02 Å². The molecule has 0 spiro atoms. The van der Waals surface area contributed by atoms with Crippen molar-refractivity contribution in [2.45, 2.75) is 13.3 Å². The van der Waals surface area contributed by atoms with E-state index in [2.05, 4.69) is 27.0 Å². The second-order valence-electron chi connectivity index (χ2n) is 5.61. The number of hydrogen-bond acceptors (Lipinski definition) is 5. The molecule has 0 saturated carbocycles. The Morgan fingerprint density at radius 1 is 1.20 bits per heavy atom. The summed E-state index contributed by atoms with van der Waals surface area (Å²) in [6.45, 7) is 2.05. The summed E-state index contributed by atoms with van der Waals surface area (Å²) in [5.74, 6) is 0.903. The van der Waals surface area contributed by atoms with Gasteiger partial charge in [-0.15, -0.1) is 0 Å². The van der Waals surface area contributed by atoms with E-state index in [9.17, 15) is 0 Å². The van der Waals surface area contributed by atoms with E-state index in [1.54, 1.807) is 10.9 Å². The quantitative estimate of drug-likeness (QED) is 0.609. The molecule has 4 aromatic rings. The molecule has 0 unspecified atom stereocenters. The van der Waals surface area contributed by atoms with Gasteiger partial charge in [-0.1, -0.05) is 24.6 Å². The lowest BCUT2D eigenvalue weighted by molar-refractivity contribution is 0.813. The van der Waals surface area contributed by atoms with Gasteiger partial charge in [0, 0.05) is 23.3 Å². The number of nitrogen functional groups attached to an aromatic ring is 1. The second kappa shape index (κ2) is 6.14. The van der Waals surface area contributed by atoms with Crippen molar-refractivity contribution in [2.75, 3.05) is 5.73 Å². The highest BCUT2D eigenvalue weighted by atomic mass is 35.5. The zero-order valence-electron chi connectivity index (χ0n) is 13.5. The van der Waals surface area contributed by atoms with Crippen LogP contribution in [0.5, 0.6) is 0 Å². The van der Waals surface area contributed by atoms with Crippen molar-refractivity contribution in [3.63, 3.8) is 0 Å². The molecule has 2 N–H and O–H groups in total. The topological polar surface area (TPSA) is 82.5 Å². The lowest BCUT2D eigenvalue weighted by Crippen LogP contribution is -2.06. The van der Waals surface area contributed by atoms with Crippen molar-refractivity contribution in [1.29, 1.82) is 0 Å². The lowest BCUT2D eigenvalue weighted by atomic mass is 10.1. The van der Waals surface area contributed by atoms with Crippen LogP contribution in [-0.2, 0) is 6.42 Å². The maximum atomic E-state index is 6.41.